The third-order valence-corrected chi connectivity index (χ3v) is 7.14. The van der Waals surface area contributed by atoms with Crippen molar-refractivity contribution >= 4 is 11.9 Å². The molecule has 0 rings (SSSR count). The van der Waals surface area contributed by atoms with E-state index < -0.39 is 105 Å². The van der Waals surface area contributed by atoms with Crippen molar-refractivity contribution in [1.82, 2.24) is 0 Å². The van der Waals surface area contributed by atoms with Crippen LogP contribution in [0, 0.1) is 11.8 Å². The van der Waals surface area contributed by atoms with Gasteiger partial charge < -0.3 is 19.7 Å². The molecule has 0 amide bonds. The summed E-state index contributed by atoms with van der Waals surface area (Å²) in [5.74, 6) is -47.1. The SMILES string of the molecule is C=C(C)C(=O)OCC(CCC(F)(F)C(F)(F)C(F)(F)C(F)(F)C(F)(F)C(F)(F)C/C=C/CCCC)COC(=O)C(=C)CCC(CO)CO. The molecule has 0 aliphatic carbocycles. The summed E-state index contributed by atoms with van der Waals surface area (Å²) in [6.45, 7) is 6.41. The Labute approximate surface area is 269 Å². The maximum atomic E-state index is 14.6. The van der Waals surface area contributed by atoms with Crippen molar-refractivity contribution in [2.45, 2.75) is 101 Å². The molecule has 0 heterocycles. The number of hydrogen-bond acceptors (Lipinski definition) is 6. The molecule has 0 aromatic rings. The summed E-state index contributed by atoms with van der Waals surface area (Å²) in [5, 5.41) is 18.1. The molecule has 1 unspecified atom stereocenters. The number of unbranched alkanes of at least 4 members (excludes halogenated alkanes) is 2. The second-order valence-electron chi connectivity index (χ2n) is 11.3. The first-order valence-electron chi connectivity index (χ1n) is 14.6. The Morgan fingerprint density at radius 1 is 0.708 bits per heavy atom. The Bertz CT molecular complexity index is 1100. The van der Waals surface area contributed by atoms with Crippen molar-refractivity contribution in [2.24, 2.45) is 11.8 Å². The molecule has 0 bridgehead atoms. The number of alkyl halides is 12. The average Bonchev–Trinajstić information content (AvgIpc) is 2.99. The van der Waals surface area contributed by atoms with Crippen LogP contribution in [0.3, 0.4) is 0 Å². The van der Waals surface area contributed by atoms with Gasteiger partial charge in [0.15, 0.2) is 0 Å². The molecule has 0 aliphatic rings. The molecule has 0 saturated heterocycles. The highest BCUT2D eigenvalue weighted by molar-refractivity contribution is 5.87. The third kappa shape index (κ3) is 11.1. The van der Waals surface area contributed by atoms with Gasteiger partial charge in [0.05, 0.1) is 13.2 Å². The molecule has 0 aliphatic heterocycles. The second-order valence-corrected chi connectivity index (χ2v) is 11.3. The lowest BCUT2D eigenvalue weighted by Gasteiger charge is -2.41. The van der Waals surface area contributed by atoms with Crippen molar-refractivity contribution < 1.29 is 82.0 Å². The van der Waals surface area contributed by atoms with Crippen LogP contribution in [0.1, 0.15) is 65.2 Å². The van der Waals surface area contributed by atoms with Crippen LogP contribution in [0.4, 0.5) is 52.7 Å². The molecular weight excluding hydrogens is 684 g/mol. The average molecular weight is 725 g/mol. The Balaban J connectivity index is 6.04. The van der Waals surface area contributed by atoms with E-state index in [2.05, 4.69) is 17.9 Å². The van der Waals surface area contributed by atoms with Crippen molar-refractivity contribution in [3.63, 3.8) is 0 Å². The zero-order valence-corrected chi connectivity index (χ0v) is 26.3. The van der Waals surface area contributed by atoms with E-state index in [1.807, 2.05) is 0 Å². The molecule has 0 aromatic heterocycles. The van der Waals surface area contributed by atoms with Gasteiger partial charge in [-0.3, -0.25) is 0 Å². The number of hydrogen-bond donors (Lipinski definition) is 2. The fraction of sp³-hybridized carbons (Fsp3) is 0.733. The maximum absolute atomic E-state index is 14.6. The van der Waals surface area contributed by atoms with E-state index in [4.69, 9.17) is 14.9 Å². The van der Waals surface area contributed by atoms with Crippen LogP contribution < -0.4 is 0 Å². The smallest absolute Gasteiger partial charge is 0.384 e. The molecule has 0 saturated carbocycles. The lowest BCUT2D eigenvalue weighted by atomic mass is 9.88. The van der Waals surface area contributed by atoms with Crippen LogP contribution in [-0.4, -0.2) is 84.1 Å². The van der Waals surface area contributed by atoms with E-state index in [0.717, 1.165) is 13.0 Å². The fourth-order valence-corrected chi connectivity index (χ4v) is 3.74. The van der Waals surface area contributed by atoms with Gasteiger partial charge in [0.2, 0.25) is 0 Å². The summed E-state index contributed by atoms with van der Waals surface area (Å²) < 4.78 is 181. The van der Waals surface area contributed by atoms with Gasteiger partial charge >= 0.3 is 47.5 Å². The predicted octanol–water partition coefficient (Wildman–Crippen LogP) is 7.93. The third-order valence-electron chi connectivity index (χ3n) is 7.14. The minimum Gasteiger partial charge on any atom is -0.462 e. The fourth-order valence-electron chi connectivity index (χ4n) is 3.74. The number of carbonyl (C=O) groups is 2. The van der Waals surface area contributed by atoms with Crippen LogP contribution in [-0.2, 0) is 19.1 Å². The quantitative estimate of drug-likeness (QED) is 0.0346. The van der Waals surface area contributed by atoms with Crippen LogP contribution >= 0.6 is 0 Å². The zero-order valence-electron chi connectivity index (χ0n) is 26.3. The van der Waals surface area contributed by atoms with Crippen LogP contribution in [0.15, 0.2) is 36.5 Å². The summed E-state index contributed by atoms with van der Waals surface area (Å²) in [4.78, 5) is 23.9. The largest absolute Gasteiger partial charge is 0.462 e. The minimum atomic E-state index is -7.74. The molecule has 0 radical (unpaired) electrons. The predicted molar refractivity (Wildman–Crippen MR) is 148 cm³/mol. The van der Waals surface area contributed by atoms with Gasteiger partial charge in [-0.15, -0.1) is 0 Å². The number of rotatable bonds is 24. The number of halogens is 12. The van der Waals surface area contributed by atoms with Crippen molar-refractivity contribution in [2.75, 3.05) is 26.4 Å². The second kappa shape index (κ2) is 18.3. The maximum Gasteiger partial charge on any atom is 0.384 e. The van der Waals surface area contributed by atoms with E-state index in [1.165, 1.54) is 0 Å². The summed E-state index contributed by atoms with van der Waals surface area (Å²) in [6, 6.07) is 0. The first-order chi connectivity index (χ1) is 21.8. The number of carbonyl (C=O) groups excluding carboxylic acids is 2. The minimum absolute atomic E-state index is 0.00597. The van der Waals surface area contributed by atoms with Crippen LogP contribution in [0.2, 0.25) is 0 Å². The summed E-state index contributed by atoms with van der Waals surface area (Å²) in [5.41, 5.74) is -0.540. The van der Waals surface area contributed by atoms with E-state index in [9.17, 15) is 62.3 Å². The lowest BCUT2D eigenvalue weighted by molar-refractivity contribution is -0.425. The first kappa shape index (κ1) is 45.2. The Morgan fingerprint density at radius 3 is 1.65 bits per heavy atom. The highest BCUT2D eigenvalue weighted by Gasteiger charge is 2.89. The molecular formula is C30H40F12O6. The Kier molecular flexibility index (Phi) is 17.2. The summed E-state index contributed by atoms with van der Waals surface area (Å²) >= 11 is 0. The standard InChI is InChI=1S/C30H40F12O6/c1-5-6-7-8-9-13-25(31,32)27(35,36)29(39,40)30(41,42)28(37,38)26(33,34)14-12-22(17-47-23(45)19(2)3)18-48-24(46)20(4)10-11-21(15-43)16-44/h8-9,21-22,43-44H,2,4-7,10-18H2,1,3H3/b9-8+. The normalized spacial score (nSPS) is 14.4. The van der Waals surface area contributed by atoms with E-state index in [1.54, 1.807) is 6.92 Å². The first-order valence-corrected chi connectivity index (χ1v) is 14.6. The Morgan fingerprint density at radius 2 is 1.19 bits per heavy atom. The van der Waals surface area contributed by atoms with Gasteiger partial charge in [0, 0.05) is 49.0 Å². The zero-order chi connectivity index (χ0) is 37.8. The Hall–Kier alpha value is -2.76. The van der Waals surface area contributed by atoms with Crippen molar-refractivity contribution in [3.8, 4) is 0 Å². The molecule has 1 atom stereocenters. The molecule has 2 N–H and O–H groups in total. The molecule has 0 fully saturated rings. The van der Waals surface area contributed by atoms with E-state index >= 15 is 0 Å². The van der Waals surface area contributed by atoms with Gasteiger partial charge in [-0.2, -0.15) is 52.7 Å². The van der Waals surface area contributed by atoms with E-state index in [0.29, 0.717) is 12.8 Å². The van der Waals surface area contributed by atoms with E-state index in [-0.39, 0.29) is 36.5 Å². The van der Waals surface area contributed by atoms with Gasteiger partial charge in [0.25, 0.3) is 0 Å². The van der Waals surface area contributed by atoms with Crippen molar-refractivity contribution in [3.05, 3.63) is 36.5 Å². The van der Waals surface area contributed by atoms with Crippen molar-refractivity contribution in [1.29, 1.82) is 0 Å². The van der Waals surface area contributed by atoms with Crippen LogP contribution in [0.5, 0.6) is 0 Å². The van der Waals surface area contributed by atoms with Gasteiger partial charge in [-0.05, 0) is 32.6 Å². The van der Waals surface area contributed by atoms with Gasteiger partial charge in [0.1, 0.15) is 0 Å². The van der Waals surface area contributed by atoms with Crippen LogP contribution in [0.25, 0.3) is 0 Å². The van der Waals surface area contributed by atoms with Gasteiger partial charge in [-0.1, -0.05) is 45.1 Å². The molecule has 280 valence electrons. The number of esters is 2. The van der Waals surface area contributed by atoms with Gasteiger partial charge in [-0.25, -0.2) is 9.59 Å². The topological polar surface area (TPSA) is 93.1 Å². The molecule has 6 nitrogen and oxygen atoms in total. The highest BCUT2D eigenvalue weighted by atomic mass is 19.4. The number of ether oxygens (including phenoxy) is 2. The highest BCUT2D eigenvalue weighted by Crippen LogP contribution is 2.61. The summed E-state index contributed by atoms with van der Waals surface area (Å²) in [6.07, 6.45) is -4.42. The number of aliphatic hydroxyl groups excluding tert-OH is 2. The molecule has 0 spiro atoms. The molecule has 48 heavy (non-hydrogen) atoms. The summed E-state index contributed by atoms with van der Waals surface area (Å²) in [7, 11) is 0. The molecule has 0 aromatic carbocycles. The monoisotopic (exact) mass is 724 g/mol. The lowest BCUT2D eigenvalue weighted by Crippen LogP contribution is -2.70. The number of allylic oxidation sites excluding steroid dienone is 2. The molecule has 18 heteroatoms. The number of aliphatic hydroxyl groups is 2.